The first-order valence-electron chi connectivity index (χ1n) is 3.56. The summed E-state index contributed by atoms with van der Waals surface area (Å²) in [5.74, 6) is -1.81. The van der Waals surface area contributed by atoms with E-state index in [1.807, 2.05) is 0 Å². The van der Waals surface area contributed by atoms with Crippen LogP contribution in [0.1, 0.15) is 19.3 Å². The van der Waals surface area contributed by atoms with Crippen molar-refractivity contribution >= 4 is 11.9 Å². The van der Waals surface area contributed by atoms with E-state index in [1.54, 1.807) is 12.2 Å². The van der Waals surface area contributed by atoms with Crippen molar-refractivity contribution in [3.05, 3.63) is 18.6 Å². The highest BCUT2D eigenvalue weighted by molar-refractivity contribution is 5.76. The van der Waals surface area contributed by atoms with Crippen molar-refractivity contribution in [3.63, 3.8) is 0 Å². The molecule has 4 heteroatoms. The van der Waals surface area contributed by atoms with Gasteiger partial charge in [0.1, 0.15) is 0 Å². The fourth-order valence-electron chi connectivity index (χ4n) is 0.590. The van der Waals surface area contributed by atoms with E-state index in [0.717, 1.165) is 6.42 Å². The molecule has 0 aliphatic heterocycles. The highest BCUT2D eigenvalue weighted by Crippen LogP contribution is 1.94. The van der Waals surface area contributed by atoms with Crippen LogP contribution in [0.15, 0.2) is 12.2 Å². The van der Waals surface area contributed by atoms with Crippen molar-refractivity contribution in [2.24, 2.45) is 0 Å². The first-order valence-corrected chi connectivity index (χ1v) is 3.56. The number of allylic oxidation sites excluding steroid dienone is 2. The molecule has 0 rings (SSSR count). The van der Waals surface area contributed by atoms with Crippen LogP contribution in [-0.2, 0) is 9.59 Å². The topological polar surface area (TPSA) is 74.6 Å². The van der Waals surface area contributed by atoms with Crippen LogP contribution in [-0.4, -0.2) is 22.2 Å². The second-order valence-corrected chi connectivity index (χ2v) is 2.18. The molecule has 0 bridgehead atoms. The summed E-state index contributed by atoms with van der Waals surface area (Å²) in [6.07, 6.45) is 5.28. The van der Waals surface area contributed by atoms with Gasteiger partial charge >= 0.3 is 11.9 Å². The Morgan fingerprint density at radius 2 is 1.83 bits per heavy atom. The average molecular weight is 171 g/mol. The fourth-order valence-corrected chi connectivity index (χ4v) is 0.590. The van der Waals surface area contributed by atoms with Gasteiger partial charge in [-0.3, -0.25) is 9.59 Å². The van der Waals surface area contributed by atoms with Gasteiger partial charge in [-0.1, -0.05) is 12.2 Å². The third-order valence-electron chi connectivity index (χ3n) is 1.12. The maximum Gasteiger partial charge on any atom is 0.307 e. The smallest absolute Gasteiger partial charge is 0.307 e. The van der Waals surface area contributed by atoms with E-state index in [-0.39, 0.29) is 6.42 Å². The quantitative estimate of drug-likeness (QED) is 0.586. The lowest BCUT2D eigenvalue weighted by Crippen LogP contribution is -1.93. The maximum atomic E-state index is 10.0. The van der Waals surface area contributed by atoms with Gasteiger partial charge in [0, 0.05) is 6.42 Å². The number of hydrogen-bond donors (Lipinski definition) is 2. The Bertz CT molecular complexity index is 163. The summed E-state index contributed by atoms with van der Waals surface area (Å²) in [6, 6.07) is 0. The van der Waals surface area contributed by atoms with Gasteiger partial charge in [0.2, 0.25) is 0 Å². The Labute approximate surface area is 70.5 Å². The Kier molecular flexibility index (Phi) is 5.69. The van der Waals surface area contributed by atoms with Gasteiger partial charge in [0.15, 0.2) is 0 Å². The molecular weight excluding hydrogens is 160 g/mol. The van der Waals surface area contributed by atoms with Gasteiger partial charge in [-0.15, -0.1) is 0 Å². The molecule has 0 unspecified atom stereocenters. The molecule has 0 saturated carbocycles. The molecule has 0 aromatic carbocycles. The van der Waals surface area contributed by atoms with Gasteiger partial charge in [-0.2, -0.15) is 0 Å². The van der Waals surface area contributed by atoms with E-state index in [9.17, 15) is 9.59 Å². The van der Waals surface area contributed by atoms with E-state index < -0.39 is 11.9 Å². The molecule has 0 fully saturated rings. The largest absolute Gasteiger partial charge is 0.481 e. The van der Waals surface area contributed by atoms with E-state index >= 15 is 0 Å². The lowest BCUT2D eigenvalue weighted by molar-refractivity contribution is -0.137. The number of aliphatic carboxylic acids is 2. The summed E-state index contributed by atoms with van der Waals surface area (Å²) in [5.41, 5.74) is 0. The number of hydrogen-bond acceptors (Lipinski definition) is 2. The second-order valence-electron chi connectivity index (χ2n) is 2.18. The van der Waals surface area contributed by atoms with Crippen molar-refractivity contribution in [1.29, 1.82) is 0 Å². The Balaban J connectivity index is 3.26. The molecule has 67 valence electrons. The van der Waals surface area contributed by atoms with Crippen LogP contribution < -0.4 is 0 Å². The molecule has 0 amide bonds. The first-order chi connectivity index (χ1) is 5.63. The minimum absolute atomic E-state index is 0.0869. The van der Waals surface area contributed by atoms with E-state index in [4.69, 9.17) is 10.2 Å². The van der Waals surface area contributed by atoms with Crippen molar-refractivity contribution in [3.8, 4) is 0 Å². The second kappa shape index (κ2) is 6.39. The number of carbonyl (C=O) groups is 2. The molecule has 0 aromatic heterocycles. The van der Waals surface area contributed by atoms with Gasteiger partial charge in [0.25, 0.3) is 0 Å². The lowest BCUT2D eigenvalue weighted by Gasteiger charge is -1.88. The monoisotopic (exact) mass is 171 g/mol. The molecule has 0 atom stereocenters. The molecule has 0 saturated heterocycles. The summed E-state index contributed by atoms with van der Waals surface area (Å²) in [7, 11) is 0. The highest BCUT2D eigenvalue weighted by atomic mass is 16.4. The third-order valence-corrected chi connectivity index (χ3v) is 1.12. The molecular formula is C8H11O4. The summed E-state index contributed by atoms with van der Waals surface area (Å²) in [5, 5.41) is 16.4. The van der Waals surface area contributed by atoms with Gasteiger partial charge < -0.3 is 10.2 Å². The molecule has 1 radical (unpaired) electrons. The normalized spacial score (nSPS) is 10.3. The van der Waals surface area contributed by atoms with Crippen LogP contribution in [0.3, 0.4) is 0 Å². The maximum absolute atomic E-state index is 10.0. The Morgan fingerprint density at radius 1 is 1.17 bits per heavy atom. The van der Waals surface area contributed by atoms with Crippen LogP contribution in [0.25, 0.3) is 0 Å². The molecule has 0 aliphatic carbocycles. The van der Waals surface area contributed by atoms with E-state index in [0.29, 0.717) is 12.8 Å². The van der Waals surface area contributed by atoms with Crippen molar-refractivity contribution in [2.75, 3.05) is 0 Å². The fraction of sp³-hybridized carbons (Fsp3) is 0.375. The zero-order valence-corrected chi connectivity index (χ0v) is 6.56. The standard InChI is InChI=1S/C8H11O4/c9-7(10)5-3-1-2-4-6-8(11)12/h1-2,5H,3-4,6H2,(H,9,10)(H,11,12)/b2-1+. The molecule has 0 aliphatic rings. The summed E-state index contributed by atoms with van der Waals surface area (Å²) in [4.78, 5) is 20.0. The van der Waals surface area contributed by atoms with Gasteiger partial charge in [-0.25, -0.2) is 0 Å². The van der Waals surface area contributed by atoms with E-state index in [2.05, 4.69) is 0 Å². The molecule has 2 N–H and O–H groups in total. The molecule has 0 aromatic rings. The van der Waals surface area contributed by atoms with Crippen LogP contribution in [0.2, 0.25) is 0 Å². The Morgan fingerprint density at radius 3 is 2.33 bits per heavy atom. The van der Waals surface area contributed by atoms with Crippen LogP contribution in [0.5, 0.6) is 0 Å². The molecule has 4 nitrogen and oxygen atoms in total. The predicted molar refractivity (Wildman–Crippen MR) is 42.6 cm³/mol. The minimum Gasteiger partial charge on any atom is -0.481 e. The SMILES string of the molecule is O=C(O)[CH]C/C=C/CCC(=O)O. The van der Waals surface area contributed by atoms with Crippen LogP contribution >= 0.6 is 0 Å². The number of rotatable bonds is 6. The third kappa shape index (κ3) is 8.68. The highest BCUT2D eigenvalue weighted by Gasteiger charge is 1.94. The predicted octanol–water partition coefficient (Wildman–Crippen LogP) is 1.09. The van der Waals surface area contributed by atoms with Gasteiger partial charge in [-0.05, 0) is 12.8 Å². The molecule has 0 heterocycles. The van der Waals surface area contributed by atoms with Crippen molar-refractivity contribution < 1.29 is 19.8 Å². The van der Waals surface area contributed by atoms with Crippen LogP contribution in [0.4, 0.5) is 0 Å². The van der Waals surface area contributed by atoms with Crippen LogP contribution in [0, 0.1) is 6.42 Å². The van der Waals surface area contributed by atoms with Crippen molar-refractivity contribution in [1.82, 2.24) is 0 Å². The average Bonchev–Trinajstić information content (AvgIpc) is 1.95. The summed E-state index contributed by atoms with van der Waals surface area (Å²) < 4.78 is 0. The summed E-state index contributed by atoms with van der Waals surface area (Å²) in [6.45, 7) is 0. The zero-order chi connectivity index (χ0) is 9.40. The zero-order valence-electron chi connectivity index (χ0n) is 6.56. The number of carboxylic acid groups (broad SMARTS) is 2. The minimum atomic E-state index is -0.960. The molecule has 12 heavy (non-hydrogen) atoms. The number of carboxylic acids is 2. The molecule has 0 spiro atoms. The lowest BCUT2D eigenvalue weighted by atomic mass is 10.2. The van der Waals surface area contributed by atoms with Gasteiger partial charge in [0.05, 0.1) is 6.42 Å². The summed E-state index contributed by atoms with van der Waals surface area (Å²) >= 11 is 0. The first kappa shape index (κ1) is 10.7. The Hall–Kier alpha value is -1.32. The van der Waals surface area contributed by atoms with E-state index in [1.165, 1.54) is 0 Å². The van der Waals surface area contributed by atoms with Crippen molar-refractivity contribution in [2.45, 2.75) is 19.3 Å².